The number of aromatic nitrogens is 3. The number of rotatable bonds is 5. The van der Waals surface area contributed by atoms with Gasteiger partial charge in [-0.1, -0.05) is 5.21 Å². The summed E-state index contributed by atoms with van der Waals surface area (Å²) in [5.41, 5.74) is 0. The molecule has 2 rings (SSSR count). The van der Waals surface area contributed by atoms with Crippen LogP contribution in [-0.2, 0) is 11.3 Å². The van der Waals surface area contributed by atoms with Crippen molar-refractivity contribution in [3.05, 3.63) is 12.4 Å². The second-order valence-electron chi connectivity index (χ2n) is 4.82. The largest absolute Gasteiger partial charge is 0.342 e. The minimum absolute atomic E-state index is 0.228. The van der Waals surface area contributed by atoms with Gasteiger partial charge in [-0.2, -0.15) is 0 Å². The number of nitrogens with one attached hydrogen (secondary N) is 1. The van der Waals surface area contributed by atoms with Crippen molar-refractivity contribution in [1.29, 1.82) is 0 Å². The van der Waals surface area contributed by atoms with Gasteiger partial charge in [0.25, 0.3) is 0 Å². The summed E-state index contributed by atoms with van der Waals surface area (Å²) in [7, 11) is 1.96. The standard InChI is InChI=1S/C12H21N5O/c1-13-9-11-3-2-6-16(10-11)12(18)4-7-17-8-5-14-15-17/h5,8,11,13H,2-4,6-7,9-10H2,1H3. The Morgan fingerprint density at radius 1 is 1.56 bits per heavy atom. The fraction of sp³-hybridized carbons (Fsp3) is 0.750. The second-order valence-corrected chi connectivity index (χ2v) is 4.82. The number of aryl methyl sites for hydroxylation is 1. The molecule has 0 radical (unpaired) electrons. The third-order valence-corrected chi connectivity index (χ3v) is 3.39. The van der Waals surface area contributed by atoms with Gasteiger partial charge < -0.3 is 10.2 Å². The summed E-state index contributed by atoms with van der Waals surface area (Å²) in [5.74, 6) is 0.824. The zero-order valence-corrected chi connectivity index (χ0v) is 10.9. The maximum atomic E-state index is 12.1. The predicted octanol–water partition coefficient (Wildman–Crippen LogP) is 0.126. The van der Waals surface area contributed by atoms with E-state index < -0.39 is 0 Å². The Hall–Kier alpha value is -1.43. The highest BCUT2D eigenvalue weighted by atomic mass is 16.2. The molecule has 1 N–H and O–H groups in total. The molecular formula is C12H21N5O. The van der Waals surface area contributed by atoms with E-state index in [-0.39, 0.29) is 5.91 Å². The lowest BCUT2D eigenvalue weighted by atomic mass is 9.98. The normalized spacial score (nSPS) is 20.1. The number of amides is 1. The van der Waals surface area contributed by atoms with Crippen LogP contribution in [-0.4, -0.2) is 52.5 Å². The minimum Gasteiger partial charge on any atom is -0.342 e. The van der Waals surface area contributed by atoms with Crippen molar-refractivity contribution in [2.75, 3.05) is 26.7 Å². The van der Waals surface area contributed by atoms with Crippen molar-refractivity contribution in [2.24, 2.45) is 5.92 Å². The van der Waals surface area contributed by atoms with Crippen molar-refractivity contribution in [2.45, 2.75) is 25.8 Å². The number of hydrogen-bond acceptors (Lipinski definition) is 4. The molecule has 6 heteroatoms. The zero-order chi connectivity index (χ0) is 12.8. The predicted molar refractivity (Wildman–Crippen MR) is 67.9 cm³/mol. The van der Waals surface area contributed by atoms with Gasteiger partial charge in [0.2, 0.25) is 5.91 Å². The lowest BCUT2D eigenvalue weighted by molar-refractivity contribution is -0.133. The first kappa shape index (κ1) is 13.0. The van der Waals surface area contributed by atoms with E-state index in [1.165, 1.54) is 6.42 Å². The van der Waals surface area contributed by atoms with Crippen molar-refractivity contribution in [3.8, 4) is 0 Å². The molecule has 1 fully saturated rings. The fourth-order valence-corrected chi connectivity index (χ4v) is 2.47. The highest BCUT2D eigenvalue weighted by Gasteiger charge is 2.22. The average molecular weight is 251 g/mol. The van der Waals surface area contributed by atoms with Gasteiger partial charge in [0.05, 0.1) is 12.7 Å². The Morgan fingerprint density at radius 3 is 3.17 bits per heavy atom. The molecule has 0 saturated carbocycles. The van der Waals surface area contributed by atoms with Gasteiger partial charge >= 0.3 is 0 Å². The summed E-state index contributed by atoms with van der Waals surface area (Å²) in [6, 6.07) is 0. The summed E-state index contributed by atoms with van der Waals surface area (Å²) in [6.45, 7) is 3.40. The van der Waals surface area contributed by atoms with Crippen LogP contribution in [0.5, 0.6) is 0 Å². The number of piperidine rings is 1. The van der Waals surface area contributed by atoms with E-state index >= 15 is 0 Å². The van der Waals surface area contributed by atoms with Crippen molar-refractivity contribution >= 4 is 5.91 Å². The van der Waals surface area contributed by atoms with Gasteiger partial charge in [0, 0.05) is 25.7 Å². The molecule has 0 bridgehead atoms. The molecule has 2 heterocycles. The first-order chi connectivity index (χ1) is 8.79. The Bertz CT molecular complexity index is 363. The van der Waals surface area contributed by atoms with Crippen molar-refractivity contribution < 1.29 is 4.79 Å². The van der Waals surface area contributed by atoms with Crippen LogP contribution >= 0.6 is 0 Å². The maximum absolute atomic E-state index is 12.1. The third kappa shape index (κ3) is 3.53. The van der Waals surface area contributed by atoms with Crippen molar-refractivity contribution in [3.63, 3.8) is 0 Å². The fourth-order valence-electron chi connectivity index (χ4n) is 2.47. The van der Waals surface area contributed by atoms with Crippen LogP contribution < -0.4 is 5.32 Å². The molecule has 18 heavy (non-hydrogen) atoms. The van der Waals surface area contributed by atoms with Gasteiger partial charge in [-0.05, 0) is 32.4 Å². The average Bonchev–Trinajstić information content (AvgIpc) is 2.90. The number of carbonyl (C=O) groups excluding carboxylic acids is 1. The SMILES string of the molecule is CNCC1CCCN(C(=O)CCn2ccnn2)C1. The molecule has 1 aromatic rings. The third-order valence-electron chi connectivity index (χ3n) is 3.39. The Labute approximate surface area is 107 Å². The number of carbonyl (C=O) groups is 1. The highest BCUT2D eigenvalue weighted by molar-refractivity contribution is 5.76. The summed E-state index contributed by atoms with van der Waals surface area (Å²) < 4.78 is 1.70. The van der Waals surface area contributed by atoms with E-state index in [9.17, 15) is 4.79 Å². The monoisotopic (exact) mass is 251 g/mol. The lowest BCUT2D eigenvalue weighted by Crippen LogP contribution is -2.42. The molecule has 1 unspecified atom stereocenters. The summed E-state index contributed by atoms with van der Waals surface area (Å²) >= 11 is 0. The first-order valence-electron chi connectivity index (χ1n) is 6.56. The van der Waals surface area contributed by atoms with E-state index in [4.69, 9.17) is 0 Å². The first-order valence-corrected chi connectivity index (χ1v) is 6.56. The Kier molecular flexibility index (Phi) is 4.69. The van der Waals surface area contributed by atoms with Crippen molar-refractivity contribution in [1.82, 2.24) is 25.2 Å². The number of hydrogen-bond donors (Lipinski definition) is 1. The zero-order valence-electron chi connectivity index (χ0n) is 10.9. The molecule has 0 aromatic carbocycles. The van der Waals surface area contributed by atoms with E-state index in [1.54, 1.807) is 17.1 Å². The van der Waals surface area contributed by atoms with Crippen LogP contribution in [0.4, 0.5) is 0 Å². The van der Waals surface area contributed by atoms with Gasteiger partial charge in [-0.15, -0.1) is 5.10 Å². The quantitative estimate of drug-likeness (QED) is 0.808. The molecule has 1 amide bonds. The Morgan fingerprint density at radius 2 is 2.44 bits per heavy atom. The van der Waals surface area contributed by atoms with Gasteiger partial charge in [0.15, 0.2) is 0 Å². The maximum Gasteiger partial charge on any atom is 0.224 e. The molecule has 1 saturated heterocycles. The van der Waals surface area contributed by atoms with Crippen LogP contribution in [0.3, 0.4) is 0 Å². The van der Waals surface area contributed by atoms with Gasteiger partial charge in [-0.25, -0.2) is 0 Å². The molecule has 100 valence electrons. The van der Waals surface area contributed by atoms with E-state index in [0.717, 1.165) is 26.1 Å². The molecule has 1 atom stereocenters. The topological polar surface area (TPSA) is 63.1 Å². The van der Waals surface area contributed by atoms with Crippen LogP contribution in [0.1, 0.15) is 19.3 Å². The Balaban J connectivity index is 1.77. The molecule has 0 aliphatic carbocycles. The molecule has 0 spiro atoms. The van der Waals surface area contributed by atoms with Crippen LogP contribution in [0.2, 0.25) is 0 Å². The number of likely N-dealkylation sites (tertiary alicyclic amines) is 1. The van der Waals surface area contributed by atoms with E-state index in [1.807, 2.05) is 11.9 Å². The van der Waals surface area contributed by atoms with Gasteiger partial charge in [0.1, 0.15) is 0 Å². The highest BCUT2D eigenvalue weighted by Crippen LogP contribution is 2.16. The van der Waals surface area contributed by atoms with Gasteiger partial charge in [-0.3, -0.25) is 9.48 Å². The van der Waals surface area contributed by atoms with Crippen LogP contribution in [0.25, 0.3) is 0 Å². The summed E-state index contributed by atoms with van der Waals surface area (Å²) in [5, 5.41) is 10.8. The van der Waals surface area contributed by atoms with E-state index in [2.05, 4.69) is 15.6 Å². The van der Waals surface area contributed by atoms with Crippen LogP contribution in [0.15, 0.2) is 12.4 Å². The van der Waals surface area contributed by atoms with Crippen LogP contribution in [0, 0.1) is 5.92 Å². The smallest absolute Gasteiger partial charge is 0.224 e. The second kappa shape index (κ2) is 6.49. The molecule has 1 aromatic heterocycles. The molecule has 1 aliphatic heterocycles. The lowest BCUT2D eigenvalue weighted by Gasteiger charge is -2.32. The number of nitrogens with zero attached hydrogens (tertiary/aromatic N) is 4. The molecule has 1 aliphatic rings. The summed E-state index contributed by atoms with van der Waals surface area (Å²) in [4.78, 5) is 14.1. The summed E-state index contributed by atoms with van der Waals surface area (Å²) in [6.07, 6.45) is 6.26. The van der Waals surface area contributed by atoms with E-state index in [0.29, 0.717) is 18.9 Å². The molecule has 6 nitrogen and oxygen atoms in total. The molecular weight excluding hydrogens is 230 g/mol. The minimum atomic E-state index is 0.228.